The number of amides is 1. The maximum absolute atomic E-state index is 12.0. The van der Waals surface area contributed by atoms with Crippen molar-refractivity contribution < 1.29 is 9.59 Å². The number of anilines is 1. The van der Waals surface area contributed by atoms with Gasteiger partial charge in [0.2, 0.25) is 0 Å². The predicted molar refractivity (Wildman–Crippen MR) is 82.9 cm³/mol. The quantitative estimate of drug-likeness (QED) is 0.674. The first-order valence-electron chi connectivity index (χ1n) is 6.35. The van der Waals surface area contributed by atoms with Gasteiger partial charge in [0, 0.05) is 11.6 Å². The van der Waals surface area contributed by atoms with Gasteiger partial charge in [0.25, 0.3) is 5.91 Å². The molecule has 1 amide bonds. The molecule has 0 bridgehead atoms. The smallest absolute Gasteiger partial charge is 0.250 e. The van der Waals surface area contributed by atoms with E-state index in [2.05, 4.69) is 15.3 Å². The lowest BCUT2D eigenvalue weighted by Gasteiger charge is -2.06. The molecule has 0 aliphatic rings. The van der Waals surface area contributed by atoms with E-state index in [0.29, 0.717) is 11.5 Å². The molecule has 22 heavy (non-hydrogen) atoms. The lowest BCUT2D eigenvalue weighted by molar-refractivity contribution is -0.126. The first kappa shape index (κ1) is 15.5. The van der Waals surface area contributed by atoms with E-state index in [1.54, 1.807) is 29.6 Å². The van der Waals surface area contributed by atoms with Gasteiger partial charge in [-0.2, -0.15) is 5.26 Å². The van der Waals surface area contributed by atoms with Gasteiger partial charge in [-0.3, -0.25) is 9.59 Å². The number of carbonyl (C=O) groups excluding carboxylic acids is 2. The Balaban J connectivity index is 2.04. The summed E-state index contributed by atoms with van der Waals surface area (Å²) in [6, 6.07) is 6.67. The van der Waals surface area contributed by atoms with Crippen molar-refractivity contribution in [1.29, 1.82) is 5.26 Å². The molecule has 0 aliphatic carbocycles. The zero-order chi connectivity index (χ0) is 15.9. The number of pyridine rings is 1. The number of aryl methyl sites for hydroxylation is 1. The summed E-state index contributed by atoms with van der Waals surface area (Å²) in [6.45, 7) is 1.85. The number of ketones is 1. The minimum atomic E-state index is -1.42. The molecule has 110 valence electrons. The molecule has 7 heteroatoms. The number of aromatic nitrogens is 2. The van der Waals surface area contributed by atoms with Crippen LogP contribution in [0.2, 0.25) is 0 Å². The van der Waals surface area contributed by atoms with Crippen molar-refractivity contribution >= 4 is 34.9 Å². The molecule has 0 aromatic carbocycles. The van der Waals surface area contributed by atoms with Crippen molar-refractivity contribution in [3.8, 4) is 6.07 Å². The maximum atomic E-state index is 12.0. The molecule has 0 spiro atoms. The standard InChI is InChI=1S/C15H12N4O2S/c1-10-18-11(9-22-10)5-6-13(20)12(8-16)15(21)19-14-4-2-3-7-17-14/h2-7,9,12H,1H3,(H,17,19,21). The molecule has 0 saturated heterocycles. The predicted octanol–water partition coefficient (Wildman–Crippen LogP) is 2.21. The van der Waals surface area contributed by atoms with E-state index in [0.717, 1.165) is 5.01 Å². The van der Waals surface area contributed by atoms with Crippen LogP contribution >= 0.6 is 11.3 Å². The topological polar surface area (TPSA) is 95.7 Å². The van der Waals surface area contributed by atoms with Crippen LogP contribution < -0.4 is 5.32 Å². The van der Waals surface area contributed by atoms with Crippen LogP contribution in [-0.2, 0) is 9.59 Å². The normalized spacial score (nSPS) is 11.8. The molecule has 0 aliphatic heterocycles. The molecule has 2 aromatic rings. The molecular formula is C15H12N4O2S. The summed E-state index contributed by atoms with van der Waals surface area (Å²) in [5, 5.41) is 14.1. The van der Waals surface area contributed by atoms with E-state index in [9.17, 15) is 9.59 Å². The van der Waals surface area contributed by atoms with Gasteiger partial charge in [0.1, 0.15) is 5.82 Å². The number of nitrogens with zero attached hydrogens (tertiary/aromatic N) is 3. The molecule has 1 unspecified atom stereocenters. The summed E-state index contributed by atoms with van der Waals surface area (Å²) < 4.78 is 0. The molecule has 2 heterocycles. The first-order valence-corrected chi connectivity index (χ1v) is 7.23. The Morgan fingerprint density at radius 1 is 1.45 bits per heavy atom. The van der Waals surface area contributed by atoms with E-state index < -0.39 is 17.6 Å². The van der Waals surface area contributed by atoms with Crippen molar-refractivity contribution in [3.63, 3.8) is 0 Å². The van der Waals surface area contributed by atoms with Crippen LogP contribution in [0.4, 0.5) is 5.82 Å². The summed E-state index contributed by atoms with van der Waals surface area (Å²) >= 11 is 1.45. The second-order valence-corrected chi connectivity index (χ2v) is 5.36. The molecule has 0 saturated carbocycles. The second-order valence-electron chi connectivity index (χ2n) is 4.29. The third-order valence-corrected chi connectivity index (χ3v) is 3.44. The number of hydrogen-bond acceptors (Lipinski definition) is 6. The third kappa shape index (κ3) is 4.07. The number of allylic oxidation sites excluding steroid dienone is 1. The Kier molecular flexibility index (Phi) is 5.11. The van der Waals surface area contributed by atoms with E-state index in [1.165, 1.54) is 29.7 Å². The van der Waals surface area contributed by atoms with Crippen LogP contribution in [0.25, 0.3) is 6.08 Å². The van der Waals surface area contributed by atoms with Gasteiger partial charge in [-0.05, 0) is 31.2 Å². The monoisotopic (exact) mass is 312 g/mol. The van der Waals surface area contributed by atoms with Crippen molar-refractivity contribution in [1.82, 2.24) is 9.97 Å². The highest BCUT2D eigenvalue weighted by molar-refractivity contribution is 7.09. The summed E-state index contributed by atoms with van der Waals surface area (Å²) in [5.74, 6) is -2.43. The van der Waals surface area contributed by atoms with Gasteiger partial charge in [0.15, 0.2) is 11.7 Å². The highest BCUT2D eigenvalue weighted by Crippen LogP contribution is 2.11. The number of hydrogen-bond donors (Lipinski definition) is 1. The molecule has 6 nitrogen and oxygen atoms in total. The van der Waals surface area contributed by atoms with E-state index in [4.69, 9.17) is 5.26 Å². The molecule has 0 fully saturated rings. The highest BCUT2D eigenvalue weighted by atomic mass is 32.1. The van der Waals surface area contributed by atoms with E-state index in [-0.39, 0.29) is 0 Å². The van der Waals surface area contributed by atoms with Crippen LogP contribution in [0.3, 0.4) is 0 Å². The molecule has 0 radical (unpaired) electrons. The Labute approximate surface area is 131 Å². The van der Waals surface area contributed by atoms with Gasteiger partial charge < -0.3 is 5.32 Å². The average molecular weight is 312 g/mol. The largest absolute Gasteiger partial charge is 0.309 e. The Hall–Kier alpha value is -2.85. The number of carbonyl (C=O) groups is 2. The second kappa shape index (κ2) is 7.24. The minimum Gasteiger partial charge on any atom is -0.309 e. The third-order valence-electron chi connectivity index (χ3n) is 2.65. The van der Waals surface area contributed by atoms with Gasteiger partial charge >= 0.3 is 0 Å². The first-order chi connectivity index (χ1) is 10.6. The van der Waals surface area contributed by atoms with Crippen LogP contribution in [0.1, 0.15) is 10.7 Å². The fourth-order valence-electron chi connectivity index (χ4n) is 1.61. The Morgan fingerprint density at radius 2 is 2.27 bits per heavy atom. The van der Waals surface area contributed by atoms with Crippen LogP contribution in [0, 0.1) is 24.2 Å². The summed E-state index contributed by atoms with van der Waals surface area (Å²) in [4.78, 5) is 32.0. The van der Waals surface area contributed by atoms with Gasteiger partial charge in [-0.15, -0.1) is 11.3 Å². The summed E-state index contributed by atoms with van der Waals surface area (Å²) in [5.41, 5.74) is 0.623. The molecular weight excluding hydrogens is 300 g/mol. The summed E-state index contributed by atoms with van der Waals surface area (Å²) in [7, 11) is 0. The number of nitrogens with one attached hydrogen (secondary N) is 1. The number of nitriles is 1. The zero-order valence-electron chi connectivity index (χ0n) is 11.7. The van der Waals surface area contributed by atoms with Crippen molar-refractivity contribution in [3.05, 3.63) is 46.6 Å². The fourth-order valence-corrected chi connectivity index (χ4v) is 2.19. The molecule has 1 N–H and O–H groups in total. The number of thiazole rings is 1. The lowest BCUT2D eigenvalue weighted by Crippen LogP contribution is -2.27. The van der Waals surface area contributed by atoms with Crippen molar-refractivity contribution in [2.45, 2.75) is 6.92 Å². The van der Waals surface area contributed by atoms with E-state index in [1.807, 2.05) is 6.92 Å². The maximum Gasteiger partial charge on any atom is 0.250 e. The Bertz CT molecular complexity index is 746. The summed E-state index contributed by atoms with van der Waals surface area (Å²) in [6.07, 6.45) is 4.19. The van der Waals surface area contributed by atoms with Crippen LogP contribution in [0.5, 0.6) is 0 Å². The molecule has 2 aromatic heterocycles. The average Bonchev–Trinajstić information content (AvgIpc) is 2.92. The van der Waals surface area contributed by atoms with E-state index >= 15 is 0 Å². The molecule has 2 rings (SSSR count). The van der Waals surface area contributed by atoms with Crippen molar-refractivity contribution in [2.24, 2.45) is 5.92 Å². The van der Waals surface area contributed by atoms with Crippen LogP contribution in [-0.4, -0.2) is 21.7 Å². The highest BCUT2D eigenvalue weighted by Gasteiger charge is 2.24. The van der Waals surface area contributed by atoms with Crippen molar-refractivity contribution in [2.75, 3.05) is 5.32 Å². The minimum absolute atomic E-state index is 0.291. The Morgan fingerprint density at radius 3 is 2.86 bits per heavy atom. The SMILES string of the molecule is Cc1nc(C=CC(=O)C(C#N)C(=O)Nc2ccccn2)cs1. The fraction of sp³-hybridized carbons (Fsp3) is 0.133. The zero-order valence-corrected chi connectivity index (χ0v) is 12.5. The van der Waals surface area contributed by atoms with Crippen LogP contribution in [0.15, 0.2) is 35.9 Å². The number of rotatable bonds is 5. The van der Waals surface area contributed by atoms with Gasteiger partial charge in [0.05, 0.1) is 16.8 Å². The van der Waals surface area contributed by atoms with Gasteiger partial charge in [-0.1, -0.05) is 6.07 Å². The van der Waals surface area contributed by atoms with Gasteiger partial charge in [-0.25, -0.2) is 9.97 Å². The lowest BCUT2D eigenvalue weighted by atomic mass is 10.0. The molecule has 1 atom stereocenters.